The summed E-state index contributed by atoms with van der Waals surface area (Å²) < 4.78 is 0. The summed E-state index contributed by atoms with van der Waals surface area (Å²) in [5.74, 6) is 0. The molecule has 0 bridgehead atoms. The van der Waals surface area contributed by atoms with Crippen molar-refractivity contribution in [1.82, 2.24) is 9.97 Å². The minimum atomic E-state index is -0.598. The number of nitrogens with zero attached hydrogens (tertiary/aromatic N) is 1. The number of hydrogen-bond donors (Lipinski definition) is 2. The zero-order valence-electron chi connectivity index (χ0n) is 6.54. The Labute approximate surface area is 78.9 Å². The van der Waals surface area contributed by atoms with Crippen molar-refractivity contribution in [3.63, 3.8) is 0 Å². The van der Waals surface area contributed by atoms with E-state index in [0.717, 1.165) is 11.0 Å². The number of carbonyl (C=O) groups is 1. The summed E-state index contributed by atoms with van der Waals surface area (Å²) in [6, 6.07) is 5.31. The van der Waals surface area contributed by atoms with Crippen molar-refractivity contribution in [3.05, 3.63) is 24.5 Å². The summed E-state index contributed by atoms with van der Waals surface area (Å²) >= 11 is 5.16. The lowest BCUT2D eigenvalue weighted by Gasteiger charge is -1.98. The highest BCUT2D eigenvalue weighted by Crippen LogP contribution is 2.15. The summed E-state index contributed by atoms with van der Waals surface area (Å²) in [5.41, 5.74) is 2.37. The van der Waals surface area contributed by atoms with Crippen molar-refractivity contribution in [2.45, 2.75) is 0 Å². The van der Waals surface area contributed by atoms with Crippen LogP contribution in [0.15, 0.2) is 24.5 Å². The molecule has 0 aliphatic heterocycles. The number of aromatic amines is 1. The molecule has 0 unspecified atom stereocenters. The fourth-order valence-electron chi connectivity index (χ4n) is 1.13. The molecule has 0 aliphatic rings. The van der Waals surface area contributed by atoms with E-state index in [9.17, 15) is 4.79 Å². The van der Waals surface area contributed by atoms with E-state index < -0.39 is 5.37 Å². The molecule has 0 fully saturated rings. The number of benzene rings is 1. The largest absolute Gasteiger partial charge is 0.345 e. The first kappa shape index (κ1) is 8.07. The van der Waals surface area contributed by atoms with Crippen LogP contribution in [0.2, 0.25) is 0 Å². The van der Waals surface area contributed by atoms with Crippen LogP contribution in [0.3, 0.4) is 0 Å². The fraction of sp³-hybridized carbons (Fsp3) is 0. The lowest BCUT2D eigenvalue weighted by Crippen LogP contribution is -2.00. The quantitative estimate of drug-likeness (QED) is 0.542. The summed E-state index contributed by atoms with van der Waals surface area (Å²) in [6.07, 6.45) is 1.59. The van der Waals surface area contributed by atoms with Gasteiger partial charge < -0.3 is 10.3 Å². The molecule has 0 radical (unpaired) electrons. The first-order chi connectivity index (χ1) is 6.25. The monoisotopic (exact) mass is 195 g/mol. The molecular formula is C8H6ClN3O. The number of fused-ring (bicyclic) bond motifs is 1. The minimum absolute atomic E-state index is 0.598. The van der Waals surface area contributed by atoms with Gasteiger partial charge in [-0.25, -0.2) is 4.98 Å². The Morgan fingerprint density at radius 3 is 3.15 bits per heavy atom. The Hall–Kier alpha value is -1.55. The third-order valence-electron chi connectivity index (χ3n) is 1.66. The van der Waals surface area contributed by atoms with Crippen LogP contribution in [0, 0.1) is 0 Å². The van der Waals surface area contributed by atoms with Crippen LogP contribution < -0.4 is 5.32 Å². The molecule has 0 saturated heterocycles. The Bertz CT molecular complexity index is 451. The highest BCUT2D eigenvalue weighted by molar-refractivity contribution is 6.65. The highest BCUT2D eigenvalue weighted by Gasteiger charge is 1.99. The van der Waals surface area contributed by atoms with Gasteiger partial charge in [0.05, 0.1) is 17.4 Å². The van der Waals surface area contributed by atoms with E-state index in [0.29, 0.717) is 5.69 Å². The van der Waals surface area contributed by atoms with Gasteiger partial charge in [0.2, 0.25) is 0 Å². The number of halogens is 1. The predicted octanol–water partition coefficient (Wildman–Crippen LogP) is 2.33. The van der Waals surface area contributed by atoms with Crippen molar-refractivity contribution in [2.24, 2.45) is 0 Å². The summed E-state index contributed by atoms with van der Waals surface area (Å²) in [5, 5.41) is 1.87. The Balaban J connectivity index is 2.42. The molecule has 1 heterocycles. The molecule has 4 nitrogen and oxygen atoms in total. The second-order valence-electron chi connectivity index (χ2n) is 2.53. The van der Waals surface area contributed by atoms with Crippen molar-refractivity contribution in [3.8, 4) is 0 Å². The third-order valence-corrected chi connectivity index (χ3v) is 1.76. The molecule has 0 atom stereocenters. The summed E-state index contributed by atoms with van der Waals surface area (Å²) in [7, 11) is 0. The van der Waals surface area contributed by atoms with E-state index in [1.54, 1.807) is 24.5 Å². The number of carbonyl (C=O) groups excluding carboxylic acids is 1. The lowest BCUT2D eigenvalue weighted by atomic mass is 10.3. The number of aromatic nitrogens is 2. The second-order valence-corrected chi connectivity index (χ2v) is 2.88. The van der Waals surface area contributed by atoms with Gasteiger partial charge in [0.25, 0.3) is 0 Å². The molecule has 0 aliphatic carbocycles. The van der Waals surface area contributed by atoms with Crippen LogP contribution in [0.25, 0.3) is 11.0 Å². The zero-order chi connectivity index (χ0) is 9.26. The molecule has 2 N–H and O–H groups in total. The number of amides is 1. The van der Waals surface area contributed by atoms with Crippen molar-refractivity contribution in [1.29, 1.82) is 0 Å². The van der Waals surface area contributed by atoms with E-state index >= 15 is 0 Å². The fourth-order valence-corrected chi connectivity index (χ4v) is 1.24. The van der Waals surface area contributed by atoms with Gasteiger partial charge in [-0.3, -0.25) is 4.79 Å². The molecule has 1 aromatic heterocycles. The topological polar surface area (TPSA) is 57.8 Å². The molecule has 1 amide bonds. The zero-order valence-corrected chi connectivity index (χ0v) is 7.30. The third kappa shape index (κ3) is 1.62. The molecule has 66 valence electrons. The van der Waals surface area contributed by atoms with E-state index in [1.165, 1.54) is 0 Å². The van der Waals surface area contributed by atoms with Crippen LogP contribution in [-0.2, 0) is 0 Å². The van der Waals surface area contributed by atoms with Crippen LogP contribution in [0.5, 0.6) is 0 Å². The van der Waals surface area contributed by atoms with Gasteiger partial charge in [-0.1, -0.05) is 0 Å². The van der Waals surface area contributed by atoms with Crippen LogP contribution >= 0.6 is 11.6 Å². The molecule has 13 heavy (non-hydrogen) atoms. The maximum absolute atomic E-state index is 10.5. The predicted molar refractivity (Wildman–Crippen MR) is 51.0 cm³/mol. The van der Waals surface area contributed by atoms with Crippen molar-refractivity contribution in [2.75, 3.05) is 5.32 Å². The second kappa shape index (κ2) is 3.06. The van der Waals surface area contributed by atoms with E-state index in [2.05, 4.69) is 15.3 Å². The van der Waals surface area contributed by atoms with Crippen LogP contribution in [0.4, 0.5) is 10.5 Å². The summed E-state index contributed by atoms with van der Waals surface area (Å²) in [6.45, 7) is 0. The molecule has 0 saturated carbocycles. The number of H-pyrrole nitrogens is 1. The van der Waals surface area contributed by atoms with Gasteiger partial charge in [-0.2, -0.15) is 0 Å². The van der Waals surface area contributed by atoms with E-state index in [1.807, 2.05) is 0 Å². The van der Waals surface area contributed by atoms with Gasteiger partial charge in [0.1, 0.15) is 0 Å². The van der Waals surface area contributed by atoms with Gasteiger partial charge in [0, 0.05) is 5.69 Å². The SMILES string of the molecule is O=C(Cl)Nc1ccc2nc[nH]c2c1. The molecule has 1 aromatic carbocycles. The Morgan fingerprint density at radius 1 is 1.54 bits per heavy atom. The van der Waals surface area contributed by atoms with Crippen molar-refractivity contribution < 1.29 is 4.79 Å². The standard InChI is InChI=1S/C8H6ClN3O/c9-8(13)12-5-1-2-6-7(3-5)11-4-10-6/h1-4H,(H,10,11)(H,12,13). The molecule has 2 rings (SSSR count). The Morgan fingerprint density at radius 2 is 2.38 bits per heavy atom. The molecule has 0 spiro atoms. The van der Waals surface area contributed by atoms with E-state index in [4.69, 9.17) is 11.6 Å². The maximum Gasteiger partial charge on any atom is 0.318 e. The highest BCUT2D eigenvalue weighted by atomic mass is 35.5. The number of hydrogen-bond acceptors (Lipinski definition) is 2. The van der Waals surface area contributed by atoms with Crippen LogP contribution in [0.1, 0.15) is 0 Å². The number of imidazole rings is 1. The normalized spacial score (nSPS) is 10.2. The smallest absolute Gasteiger partial charge is 0.318 e. The minimum Gasteiger partial charge on any atom is -0.345 e. The van der Waals surface area contributed by atoms with Crippen LogP contribution in [-0.4, -0.2) is 15.3 Å². The van der Waals surface area contributed by atoms with Gasteiger partial charge in [0.15, 0.2) is 0 Å². The molecular weight excluding hydrogens is 190 g/mol. The van der Waals surface area contributed by atoms with Gasteiger partial charge in [-0.15, -0.1) is 0 Å². The van der Waals surface area contributed by atoms with E-state index in [-0.39, 0.29) is 0 Å². The number of rotatable bonds is 1. The molecule has 2 aromatic rings. The Kier molecular flexibility index (Phi) is 1.90. The van der Waals surface area contributed by atoms with Gasteiger partial charge >= 0.3 is 5.37 Å². The first-order valence-electron chi connectivity index (χ1n) is 3.65. The maximum atomic E-state index is 10.5. The average Bonchev–Trinajstić information content (AvgIpc) is 2.49. The first-order valence-corrected chi connectivity index (χ1v) is 4.03. The molecule has 5 heteroatoms. The number of anilines is 1. The van der Waals surface area contributed by atoms with Gasteiger partial charge in [-0.05, 0) is 29.8 Å². The number of nitrogens with one attached hydrogen (secondary N) is 2. The summed E-state index contributed by atoms with van der Waals surface area (Å²) in [4.78, 5) is 17.5. The average molecular weight is 196 g/mol. The van der Waals surface area contributed by atoms with Crippen molar-refractivity contribution >= 4 is 33.7 Å². The lowest BCUT2D eigenvalue weighted by molar-refractivity contribution is 0.269.